The normalized spacial score (nSPS) is 18.0. The van der Waals surface area contributed by atoms with E-state index in [1.807, 2.05) is 4.68 Å². The third-order valence-corrected chi connectivity index (χ3v) is 7.99. The molecule has 0 amide bonds. The third-order valence-electron chi connectivity index (χ3n) is 7.99. The number of aryl methyl sites for hydroxylation is 2. The number of H-pyrrole nitrogens is 1. The van der Waals surface area contributed by atoms with E-state index in [-0.39, 0.29) is 17.6 Å². The molecule has 2 aromatic carbocycles. The Morgan fingerprint density at radius 2 is 1.77 bits per heavy atom. The summed E-state index contributed by atoms with van der Waals surface area (Å²) in [4.78, 5) is 19.1. The molecule has 2 aliphatic rings. The molecule has 0 saturated heterocycles. The average Bonchev–Trinajstić information content (AvgIpc) is 3.36. The number of tetrazole rings is 1. The molecule has 6 rings (SSSR count). The Morgan fingerprint density at radius 1 is 1.00 bits per heavy atom. The number of fused-ring (bicyclic) bond motifs is 2. The molecule has 2 aromatic heterocycles. The van der Waals surface area contributed by atoms with Gasteiger partial charge in [0.2, 0.25) is 0 Å². The van der Waals surface area contributed by atoms with Crippen LogP contribution in [0.4, 0.5) is 0 Å². The van der Waals surface area contributed by atoms with Crippen LogP contribution in [0.2, 0.25) is 0 Å². The van der Waals surface area contributed by atoms with E-state index in [2.05, 4.69) is 81.7 Å². The van der Waals surface area contributed by atoms with Gasteiger partial charge in [-0.2, -0.15) is 0 Å². The molecule has 1 atom stereocenters. The molecule has 0 bridgehead atoms. The summed E-state index contributed by atoms with van der Waals surface area (Å²) in [5.41, 5.74) is 6.60. The van der Waals surface area contributed by atoms with Crippen molar-refractivity contribution in [1.29, 1.82) is 0 Å². The number of nitrogens with one attached hydrogen (secondary N) is 1. The Hall–Kier alpha value is -3.32. The monoisotopic (exact) mass is 468 g/mol. The lowest BCUT2D eigenvalue weighted by Gasteiger charge is -2.35. The number of hydrogen-bond acceptors (Lipinski definition) is 5. The van der Waals surface area contributed by atoms with Gasteiger partial charge >= 0.3 is 0 Å². The van der Waals surface area contributed by atoms with Crippen molar-refractivity contribution < 1.29 is 0 Å². The lowest BCUT2D eigenvalue weighted by molar-refractivity contribution is 0.187. The van der Waals surface area contributed by atoms with Gasteiger partial charge in [-0.25, -0.2) is 4.68 Å². The van der Waals surface area contributed by atoms with Gasteiger partial charge in [0.1, 0.15) is 6.04 Å². The van der Waals surface area contributed by atoms with Crippen molar-refractivity contribution in [3.05, 3.63) is 86.5 Å². The summed E-state index contributed by atoms with van der Waals surface area (Å²) in [5.74, 6) is 0.782. The number of aromatic nitrogens is 5. The predicted molar refractivity (Wildman–Crippen MR) is 136 cm³/mol. The Morgan fingerprint density at radius 3 is 2.60 bits per heavy atom. The van der Waals surface area contributed by atoms with Gasteiger partial charge in [-0.1, -0.05) is 43.5 Å². The Balaban J connectivity index is 1.50. The van der Waals surface area contributed by atoms with Gasteiger partial charge in [0.25, 0.3) is 5.56 Å². The van der Waals surface area contributed by atoms with Crippen LogP contribution in [-0.4, -0.2) is 36.6 Å². The highest BCUT2D eigenvalue weighted by Crippen LogP contribution is 2.35. The van der Waals surface area contributed by atoms with Gasteiger partial charge in [-0.05, 0) is 89.4 Å². The van der Waals surface area contributed by atoms with Gasteiger partial charge in [0, 0.05) is 24.2 Å². The van der Waals surface area contributed by atoms with Crippen molar-refractivity contribution >= 4 is 10.9 Å². The van der Waals surface area contributed by atoms with Crippen molar-refractivity contribution in [1.82, 2.24) is 30.1 Å². The molecule has 1 aliphatic heterocycles. The first-order valence-electron chi connectivity index (χ1n) is 12.8. The molecule has 180 valence electrons. The number of aromatic amines is 1. The second-order valence-corrected chi connectivity index (χ2v) is 10.2. The van der Waals surface area contributed by atoms with Crippen LogP contribution in [0.3, 0.4) is 0 Å². The summed E-state index contributed by atoms with van der Waals surface area (Å²) in [6.07, 6.45) is 6.77. The Labute approximate surface area is 205 Å². The Kier molecular flexibility index (Phi) is 5.72. The van der Waals surface area contributed by atoms with Gasteiger partial charge in [-0.15, -0.1) is 5.10 Å². The maximum atomic E-state index is 13.6. The third kappa shape index (κ3) is 4.08. The average molecular weight is 469 g/mol. The zero-order chi connectivity index (χ0) is 23.9. The van der Waals surface area contributed by atoms with E-state index < -0.39 is 0 Å². The minimum Gasteiger partial charge on any atom is -0.322 e. The van der Waals surface area contributed by atoms with Crippen molar-refractivity contribution in [3.63, 3.8) is 0 Å². The van der Waals surface area contributed by atoms with Crippen molar-refractivity contribution in [2.24, 2.45) is 0 Å². The molecule has 7 nitrogen and oxygen atoms in total. The van der Waals surface area contributed by atoms with Crippen molar-refractivity contribution in [2.45, 2.75) is 71.0 Å². The number of benzene rings is 2. The molecule has 4 aromatic rings. The fraction of sp³-hybridized carbons (Fsp3) is 0.429. The zero-order valence-electron chi connectivity index (χ0n) is 20.5. The van der Waals surface area contributed by atoms with Crippen LogP contribution < -0.4 is 5.56 Å². The Bertz CT molecular complexity index is 1430. The molecule has 0 radical (unpaired) electrons. The van der Waals surface area contributed by atoms with E-state index in [0.717, 1.165) is 49.1 Å². The summed E-state index contributed by atoms with van der Waals surface area (Å²) in [5, 5.41) is 14.2. The molecule has 0 unspecified atom stereocenters. The van der Waals surface area contributed by atoms with Gasteiger partial charge in [0.15, 0.2) is 5.82 Å². The van der Waals surface area contributed by atoms with Gasteiger partial charge in [-0.3, -0.25) is 9.69 Å². The summed E-state index contributed by atoms with van der Waals surface area (Å²) >= 11 is 0. The molecule has 35 heavy (non-hydrogen) atoms. The fourth-order valence-electron chi connectivity index (χ4n) is 5.90. The predicted octanol–water partition coefficient (Wildman–Crippen LogP) is 4.78. The molecule has 3 heterocycles. The van der Waals surface area contributed by atoms with Crippen LogP contribution in [0.15, 0.2) is 47.3 Å². The molecule has 1 saturated carbocycles. The van der Waals surface area contributed by atoms with E-state index in [1.165, 1.54) is 41.5 Å². The first-order chi connectivity index (χ1) is 17.1. The summed E-state index contributed by atoms with van der Waals surface area (Å²) in [6, 6.07) is 14.9. The van der Waals surface area contributed by atoms with Crippen LogP contribution in [0.5, 0.6) is 0 Å². The smallest absolute Gasteiger partial charge is 0.253 e. The molecule has 0 spiro atoms. The lowest BCUT2D eigenvalue weighted by Crippen LogP contribution is -2.39. The van der Waals surface area contributed by atoms with Crippen LogP contribution in [0.1, 0.15) is 77.8 Å². The molecule has 1 aliphatic carbocycles. The summed E-state index contributed by atoms with van der Waals surface area (Å²) in [7, 11) is 0. The van der Waals surface area contributed by atoms with Crippen LogP contribution in [0.25, 0.3) is 10.9 Å². The van der Waals surface area contributed by atoms with E-state index in [0.29, 0.717) is 5.56 Å². The van der Waals surface area contributed by atoms with Crippen LogP contribution in [0, 0.1) is 13.8 Å². The zero-order valence-corrected chi connectivity index (χ0v) is 20.5. The van der Waals surface area contributed by atoms with Gasteiger partial charge < -0.3 is 4.98 Å². The minimum atomic E-state index is -0.310. The number of pyridine rings is 1. The minimum absolute atomic E-state index is 0.0668. The quantitative estimate of drug-likeness (QED) is 0.466. The topological polar surface area (TPSA) is 79.7 Å². The number of nitrogens with zero attached hydrogens (tertiary/aromatic N) is 5. The molecular weight excluding hydrogens is 436 g/mol. The lowest BCUT2D eigenvalue weighted by atomic mass is 9.93. The van der Waals surface area contributed by atoms with Crippen molar-refractivity contribution in [2.75, 3.05) is 6.54 Å². The molecule has 7 heteroatoms. The van der Waals surface area contributed by atoms with E-state index in [9.17, 15) is 4.79 Å². The fourth-order valence-corrected chi connectivity index (χ4v) is 5.90. The number of rotatable bonds is 4. The van der Waals surface area contributed by atoms with E-state index in [1.54, 1.807) is 0 Å². The first kappa shape index (κ1) is 22.2. The first-order valence-corrected chi connectivity index (χ1v) is 12.8. The van der Waals surface area contributed by atoms with Crippen LogP contribution >= 0.6 is 0 Å². The second kappa shape index (κ2) is 9.04. The molecule has 1 fully saturated rings. The highest BCUT2D eigenvalue weighted by Gasteiger charge is 2.34. The van der Waals surface area contributed by atoms with Gasteiger partial charge in [0.05, 0.1) is 6.04 Å². The van der Waals surface area contributed by atoms with E-state index >= 15 is 0 Å². The number of hydrogen-bond donors (Lipinski definition) is 1. The van der Waals surface area contributed by atoms with Crippen molar-refractivity contribution in [3.8, 4) is 0 Å². The maximum Gasteiger partial charge on any atom is 0.253 e. The maximum absolute atomic E-state index is 13.6. The molecule has 1 N–H and O–H groups in total. The largest absolute Gasteiger partial charge is 0.322 e. The highest BCUT2D eigenvalue weighted by atomic mass is 16.1. The second-order valence-electron chi connectivity index (χ2n) is 10.2. The van der Waals surface area contributed by atoms with E-state index in [4.69, 9.17) is 0 Å². The SMILES string of the molecule is Cc1cc2cc([C@@H](c3nnnn3C3CCCCC3)N3CCc4ccccc4C3)c(=O)[nH]c2cc1C. The van der Waals surface area contributed by atoms with Crippen LogP contribution in [-0.2, 0) is 13.0 Å². The summed E-state index contributed by atoms with van der Waals surface area (Å²) < 4.78 is 2.02. The molecular formula is C28H32N6O. The standard InChI is InChI=1S/C28H32N6O/c1-18-14-22-16-24(28(35)29-25(22)15-19(18)2)26(33-13-12-20-8-6-7-9-21(20)17-33)27-30-31-32-34(27)23-10-4-3-5-11-23/h6-9,14-16,23,26H,3-5,10-13,17H2,1-2H3,(H,29,35)/t26-/m0/s1. The highest BCUT2D eigenvalue weighted by molar-refractivity contribution is 5.81. The summed E-state index contributed by atoms with van der Waals surface area (Å²) in [6.45, 7) is 5.81.